The fourth-order valence-corrected chi connectivity index (χ4v) is 8.60. The number of hydrogen-bond donors (Lipinski definition) is 1. The maximum atomic E-state index is 12.7. The fraction of sp³-hybridized carbons (Fsp3) is 0.333. The SMILES string of the molecule is [2H]c1c(-c2nc3c(-c4[c-]c(-c5cc(-c6ccc(C([2H])([2H])C(C)(C)C)cc6)ccn5)cc(C(C)(C)C)c4)cccc3n2-c2ccc(C(C)(C)C)cc2-c2ccccc2)c(O)c(C(C)(C)C)c([2H])c1C(C)(C)C.[Pt]. The quantitative estimate of drug-likeness (QED) is 0.162. The molecule has 8 aromatic rings. The van der Waals surface area contributed by atoms with Crippen LogP contribution < -0.4 is 0 Å². The van der Waals surface area contributed by atoms with Crippen molar-refractivity contribution in [3.8, 4) is 67.5 Å². The zero-order valence-electron chi connectivity index (χ0n) is 46.7. The molecule has 1 N–H and O–H groups in total. The summed E-state index contributed by atoms with van der Waals surface area (Å²) in [5, 5.41) is 12.7. The summed E-state index contributed by atoms with van der Waals surface area (Å²) in [7, 11) is 0. The molecule has 0 atom stereocenters. The van der Waals surface area contributed by atoms with Gasteiger partial charge in [-0.3, -0.25) is 9.55 Å². The molecule has 2 heterocycles. The van der Waals surface area contributed by atoms with E-state index in [4.69, 9.17) is 12.7 Å². The molecule has 68 heavy (non-hydrogen) atoms. The maximum absolute atomic E-state index is 12.7. The van der Waals surface area contributed by atoms with Crippen molar-refractivity contribution in [3.05, 3.63) is 167 Å². The van der Waals surface area contributed by atoms with Crippen molar-refractivity contribution in [1.29, 1.82) is 0 Å². The van der Waals surface area contributed by atoms with Crippen LogP contribution in [0.15, 0.2) is 134 Å². The summed E-state index contributed by atoms with van der Waals surface area (Å²) in [6.45, 7) is 31.1. The van der Waals surface area contributed by atoms with E-state index < -0.39 is 22.6 Å². The first kappa shape index (κ1) is 44.9. The van der Waals surface area contributed by atoms with Gasteiger partial charge < -0.3 is 5.11 Å². The number of fused-ring (bicyclic) bond motifs is 1. The Labute approximate surface area is 427 Å². The number of benzene rings is 6. The Bertz CT molecular complexity index is 3280. The molecule has 0 saturated heterocycles. The third-order valence-electron chi connectivity index (χ3n) is 12.4. The van der Waals surface area contributed by atoms with Crippen molar-refractivity contribution >= 4 is 11.0 Å². The van der Waals surface area contributed by atoms with Crippen molar-refractivity contribution < 1.29 is 31.7 Å². The van der Waals surface area contributed by atoms with Gasteiger partial charge in [-0.05, 0) is 97.1 Å². The van der Waals surface area contributed by atoms with E-state index in [1.807, 2.05) is 123 Å². The zero-order chi connectivity index (χ0) is 52.0. The molecule has 0 radical (unpaired) electrons. The summed E-state index contributed by atoms with van der Waals surface area (Å²) in [6, 6.07) is 43.3. The molecule has 0 amide bonds. The van der Waals surface area contributed by atoms with Gasteiger partial charge in [-0.1, -0.05) is 200 Å². The van der Waals surface area contributed by atoms with E-state index in [1.165, 1.54) is 5.56 Å². The van der Waals surface area contributed by atoms with Gasteiger partial charge in [0.05, 0.1) is 25.0 Å². The number of aromatic nitrogens is 3. The molecule has 0 aliphatic carbocycles. The minimum atomic E-state index is -1.50. The van der Waals surface area contributed by atoms with Crippen LogP contribution in [0.2, 0.25) is 0 Å². The van der Waals surface area contributed by atoms with Crippen LogP contribution in [0.25, 0.3) is 72.7 Å². The van der Waals surface area contributed by atoms with Crippen LogP contribution >= 0.6 is 0 Å². The Morgan fingerprint density at radius 1 is 0.574 bits per heavy atom. The summed E-state index contributed by atoms with van der Waals surface area (Å²) in [6.07, 6.45) is 0.314. The largest absolute Gasteiger partial charge is 0.507 e. The molecule has 0 bridgehead atoms. The molecule has 0 aliphatic heterocycles. The number of aromatic hydroxyl groups is 1. The molecule has 5 heteroatoms. The first-order valence-corrected chi connectivity index (χ1v) is 23.6. The second kappa shape index (κ2) is 18.4. The molecule has 6 aromatic carbocycles. The molecule has 0 spiro atoms. The number of hydrogen-bond acceptors (Lipinski definition) is 3. The maximum Gasteiger partial charge on any atom is 0.148 e. The predicted octanol–water partition coefficient (Wildman–Crippen LogP) is 17.0. The molecule has 0 fully saturated rings. The van der Waals surface area contributed by atoms with Gasteiger partial charge in [-0.15, -0.1) is 29.3 Å². The third kappa shape index (κ3) is 10.5. The molecule has 0 unspecified atom stereocenters. The summed E-state index contributed by atoms with van der Waals surface area (Å²) in [5.41, 5.74) is 11.5. The van der Waals surface area contributed by atoms with Gasteiger partial charge in [0.2, 0.25) is 0 Å². The number of pyridine rings is 1. The van der Waals surface area contributed by atoms with Crippen LogP contribution in [0.4, 0.5) is 0 Å². The van der Waals surface area contributed by atoms with Crippen LogP contribution in [-0.4, -0.2) is 19.6 Å². The molecule has 354 valence electrons. The Hall–Kier alpha value is -5.57. The second-order valence-corrected chi connectivity index (χ2v) is 23.3. The van der Waals surface area contributed by atoms with Gasteiger partial charge in [0.1, 0.15) is 11.6 Å². The van der Waals surface area contributed by atoms with E-state index in [2.05, 4.69) is 113 Å². The van der Waals surface area contributed by atoms with Crippen molar-refractivity contribution in [2.45, 2.75) is 132 Å². The second-order valence-electron chi connectivity index (χ2n) is 23.3. The minimum Gasteiger partial charge on any atom is -0.507 e. The Kier molecular flexibility index (Phi) is 12.1. The van der Waals surface area contributed by atoms with Gasteiger partial charge >= 0.3 is 0 Å². The Morgan fingerprint density at radius 3 is 1.84 bits per heavy atom. The molecular weight excluding hydrogens is 1010 g/mol. The summed E-state index contributed by atoms with van der Waals surface area (Å²) >= 11 is 0. The summed E-state index contributed by atoms with van der Waals surface area (Å²) < 4.78 is 39.3. The van der Waals surface area contributed by atoms with E-state index in [0.717, 1.165) is 61.4 Å². The van der Waals surface area contributed by atoms with Crippen LogP contribution in [0.5, 0.6) is 5.75 Å². The van der Waals surface area contributed by atoms with E-state index in [1.54, 1.807) is 0 Å². The number of para-hydroxylation sites is 1. The fourth-order valence-electron chi connectivity index (χ4n) is 8.60. The van der Waals surface area contributed by atoms with E-state index >= 15 is 0 Å². The van der Waals surface area contributed by atoms with Crippen molar-refractivity contribution in [2.24, 2.45) is 5.41 Å². The Balaban J connectivity index is 0.00000760. The van der Waals surface area contributed by atoms with Gasteiger partial charge in [0.15, 0.2) is 0 Å². The van der Waals surface area contributed by atoms with E-state index in [9.17, 15) is 7.85 Å². The number of imidazole rings is 1. The monoisotopic (exact) mass is 1080 g/mol. The summed E-state index contributed by atoms with van der Waals surface area (Å²) in [4.78, 5) is 10.5. The summed E-state index contributed by atoms with van der Waals surface area (Å²) in [5.74, 6) is 0.304. The Morgan fingerprint density at radius 2 is 1.22 bits per heavy atom. The van der Waals surface area contributed by atoms with Gasteiger partial charge in [0.25, 0.3) is 0 Å². The number of phenols is 1. The first-order valence-electron chi connectivity index (χ1n) is 25.6. The normalized spacial score (nSPS) is 13.7. The number of phenolic OH excluding ortho intramolecular Hbond substituents is 1. The molecule has 8 rings (SSSR count). The van der Waals surface area contributed by atoms with Crippen LogP contribution in [0.1, 0.15) is 137 Å². The molecular formula is C63H70N3OPt-. The number of nitrogens with zero attached hydrogens (tertiary/aromatic N) is 3. The van der Waals surface area contributed by atoms with Gasteiger partial charge in [-0.25, -0.2) is 4.98 Å². The topological polar surface area (TPSA) is 50.9 Å². The molecule has 4 nitrogen and oxygen atoms in total. The molecule has 0 saturated carbocycles. The minimum absolute atomic E-state index is 0. The van der Waals surface area contributed by atoms with Crippen LogP contribution in [0.3, 0.4) is 0 Å². The molecule has 2 aromatic heterocycles. The van der Waals surface area contributed by atoms with Crippen LogP contribution in [0, 0.1) is 11.5 Å². The number of rotatable bonds is 7. The van der Waals surface area contributed by atoms with E-state index in [-0.39, 0.29) is 55.3 Å². The van der Waals surface area contributed by atoms with Crippen molar-refractivity contribution in [2.75, 3.05) is 0 Å². The third-order valence-corrected chi connectivity index (χ3v) is 12.4. The zero-order valence-corrected chi connectivity index (χ0v) is 44.9. The van der Waals surface area contributed by atoms with Crippen molar-refractivity contribution in [3.63, 3.8) is 0 Å². The van der Waals surface area contributed by atoms with Gasteiger partial charge in [0, 0.05) is 46.8 Å². The average molecular weight is 1080 g/mol. The van der Waals surface area contributed by atoms with E-state index in [0.29, 0.717) is 28.0 Å². The predicted molar refractivity (Wildman–Crippen MR) is 285 cm³/mol. The van der Waals surface area contributed by atoms with Crippen molar-refractivity contribution in [1.82, 2.24) is 14.5 Å². The van der Waals surface area contributed by atoms with Crippen LogP contribution in [-0.2, 0) is 49.1 Å². The smallest absolute Gasteiger partial charge is 0.148 e. The first-order chi connectivity index (χ1) is 32.9. The average Bonchev–Trinajstić information content (AvgIpc) is 3.66. The van der Waals surface area contributed by atoms with Gasteiger partial charge in [-0.2, -0.15) is 0 Å². The molecule has 0 aliphatic rings. The standard InChI is InChI=1S/C63H70N3O.Pt/c1-59(2,3)39-40-24-26-41(27-25-40)43-30-31-64-53(35-43)45-32-44(33-47(34-45)61(7,8)9)49-22-19-23-55-56(49)65-58(51-37-48(62(10,11)12)38-52(57(51)67)63(13,14)15)66(55)54-29-28-46(60(4,5)6)36-50(54)42-20-17-16-18-21-42;/h16-31,33-38,67H,39H2,1-15H3;/q-1;/i37D,38D,39D2;.